The van der Waals surface area contributed by atoms with Gasteiger partial charge in [-0.2, -0.15) is 0 Å². The van der Waals surface area contributed by atoms with Gasteiger partial charge in [0.1, 0.15) is 5.03 Å². The Hall–Kier alpha value is -2.97. The van der Waals surface area contributed by atoms with E-state index in [2.05, 4.69) is 20.2 Å². The Morgan fingerprint density at radius 3 is 2.56 bits per heavy atom. The van der Waals surface area contributed by atoms with Crippen LogP contribution in [-0.4, -0.2) is 70.1 Å². The summed E-state index contributed by atoms with van der Waals surface area (Å²) in [5.74, 6) is 0.448. The SMILES string of the molecule is O=C(CN1CCCN(C(=O)CSc2cnc3ccccc3n2)CC1)NCc1ccccc1. The van der Waals surface area contributed by atoms with Crippen molar-refractivity contribution in [2.24, 2.45) is 0 Å². The number of carbonyl (C=O) groups is 2. The molecule has 1 saturated heterocycles. The number of rotatable bonds is 7. The Bertz CT molecular complexity index is 1060. The van der Waals surface area contributed by atoms with Crippen LogP contribution >= 0.6 is 11.8 Å². The van der Waals surface area contributed by atoms with Crippen LogP contribution in [0.2, 0.25) is 0 Å². The van der Waals surface area contributed by atoms with E-state index in [-0.39, 0.29) is 11.8 Å². The highest BCUT2D eigenvalue weighted by Gasteiger charge is 2.20. The van der Waals surface area contributed by atoms with Gasteiger partial charge in [-0.15, -0.1) is 0 Å². The van der Waals surface area contributed by atoms with Crippen molar-refractivity contribution in [3.8, 4) is 0 Å². The second-order valence-electron chi connectivity index (χ2n) is 7.76. The largest absolute Gasteiger partial charge is 0.351 e. The second kappa shape index (κ2) is 11.1. The molecule has 0 bridgehead atoms. The van der Waals surface area contributed by atoms with Gasteiger partial charge in [-0.1, -0.05) is 54.2 Å². The van der Waals surface area contributed by atoms with Crippen LogP contribution < -0.4 is 5.32 Å². The second-order valence-corrected chi connectivity index (χ2v) is 8.75. The summed E-state index contributed by atoms with van der Waals surface area (Å²) >= 11 is 1.42. The standard InChI is InChI=1S/C24H27N5O2S/c30-22(26-15-19-7-2-1-3-8-19)17-28-11-6-12-29(14-13-28)24(31)18-32-23-16-25-20-9-4-5-10-21(20)27-23/h1-5,7-10,16H,6,11-15,17-18H2,(H,26,30). The Morgan fingerprint density at radius 2 is 1.72 bits per heavy atom. The molecule has 0 saturated carbocycles. The van der Waals surface area contributed by atoms with E-state index in [1.54, 1.807) is 6.20 Å². The molecule has 0 radical (unpaired) electrons. The normalized spacial score (nSPS) is 14.8. The van der Waals surface area contributed by atoms with Gasteiger partial charge >= 0.3 is 0 Å². The highest BCUT2D eigenvalue weighted by molar-refractivity contribution is 7.99. The van der Waals surface area contributed by atoms with E-state index in [1.165, 1.54) is 11.8 Å². The van der Waals surface area contributed by atoms with Crippen LogP contribution in [0.3, 0.4) is 0 Å². The van der Waals surface area contributed by atoms with Crippen LogP contribution in [0.15, 0.2) is 65.8 Å². The van der Waals surface area contributed by atoms with Crippen molar-refractivity contribution in [1.29, 1.82) is 0 Å². The fraction of sp³-hybridized carbons (Fsp3) is 0.333. The topological polar surface area (TPSA) is 78.4 Å². The van der Waals surface area contributed by atoms with E-state index >= 15 is 0 Å². The Morgan fingerprint density at radius 1 is 0.938 bits per heavy atom. The third-order valence-electron chi connectivity index (χ3n) is 5.41. The van der Waals surface area contributed by atoms with Gasteiger partial charge in [0.05, 0.1) is 29.5 Å². The van der Waals surface area contributed by atoms with Crippen LogP contribution in [0.5, 0.6) is 0 Å². The van der Waals surface area contributed by atoms with Crippen molar-refractivity contribution in [3.63, 3.8) is 0 Å². The summed E-state index contributed by atoms with van der Waals surface area (Å²) in [6.45, 7) is 3.75. The predicted octanol–water partition coefficient (Wildman–Crippen LogP) is 2.57. The third kappa shape index (κ3) is 6.27. The summed E-state index contributed by atoms with van der Waals surface area (Å²) in [4.78, 5) is 38.0. The zero-order chi connectivity index (χ0) is 22.2. The van der Waals surface area contributed by atoms with Crippen LogP contribution in [-0.2, 0) is 16.1 Å². The fourth-order valence-electron chi connectivity index (χ4n) is 3.67. The lowest BCUT2D eigenvalue weighted by molar-refractivity contribution is -0.128. The molecule has 8 heteroatoms. The number of para-hydroxylation sites is 2. The molecule has 0 unspecified atom stereocenters. The van der Waals surface area contributed by atoms with Crippen molar-refractivity contribution in [1.82, 2.24) is 25.1 Å². The maximum absolute atomic E-state index is 12.7. The fourth-order valence-corrected chi connectivity index (χ4v) is 4.41. The van der Waals surface area contributed by atoms with Gasteiger partial charge in [0.25, 0.3) is 0 Å². The minimum Gasteiger partial charge on any atom is -0.351 e. The van der Waals surface area contributed by atoms with Crippen LogP contribution in [0.4, 0.5) is 0 Å². The number of aromatic nitrogens is 2. The van der Waals surface area contributed by atoms with Crippen molar-refractivity contribution >= 4 is 34.6 Å². The molecular weight excluding hydrogens is 422 g/mol. The molecule has 2 aromatic carbocycles. The summed E-state index contributed by atoms with van der Waals surface area (Å²) in [5, 5.41) is 3.73. The van der Waals surface area contributed by atoms with Gasteiger partial charge in [-0.05, 0) is 24.1 Å². The molecule has 1 aliphatic rings. The molecule has 7 nitrogen and oxygen atoms in total. The minimum atomic E-state index is 0.0130. The number of fused-ring (bicyclic) bond motifs is 1. The average molecular weight is 450 g/mol. The third-order valence-corrected chi connectivity index (χ3v) is 6.29. The van der Waals surface area contributed by atoms with E-state index in [9.17, 15) is 9.59 Å². The molecule has 2 heterocycles. The van der Waals surface area contributed by atoms with Gasteiger partial charge in [0.2, 0.25) is 11.8 Å². The first-order chi connectivity index (χ1) is 15.7. The molecule has 3 aromatic rings. The first kappa shape index (κ1) is 22.2. The lowest BCUT2D eigenvalue weighted by atomic mass is 10.2. The maximum Gasteiger partial charge on any atom is 0.234 e. The maximum atomic E-state index is 12.7. The van der Waals surface area contributed by atoms with Gasteiger partial charge in [0, 0.05) is 32.7 Å². The predicted molar refractivity (Wildman–Crippen MR) is 126 cm³/mol. The molecule has 2 amide bonds. The average Bonchev–Trinajstić information content (AvgIpc) is 3.07. The molecule has 1 aliphatic heterocycles. The van der Waals surface area contributed by atoms with Crippen LogP contribution in [0.1, 0.15) is 12.0 Å². The monoisotopic (exact) mass is 449 g/mol. The first-order valence-corrected chi connectivity index (χ1v) is 11.8. The number of thioether (sulfide) groups is 1. The highest BCUT2D eigenvalue weighted by Crippen LogP contribution is 2.18. The number of hydrogen-bond donors (Lipinski definition) is 1. The number of amides is 2. The summed E-state index contributed by atoms with van der Waals surface area (Å²) in [5.41, 5.74) is 2.77. The molecule has 0 atom stereocenters. The van der Waals surface area contributed by atoms with Crippen molar-refractivity contribution < 1.29 is 9.59 Å². The Balaban J connectivity index is 1.21. The molecule has 32 heavy (non-hydrogen) atoms. The van der Waals surface area contributed by atoms with Crippen molar-refractivity contribution in [2.75, 3.05) is 38.5 Å². The summed E-state index contributed by atoms with van der Waals surface area (Å²) in [7, 11) is 0. The van der Waals surface area contributed by atoms with Gasteiger partial charge in [-0.25, -0.2) is 4.98 Å². The van der Waals surface area contributed by atoms with E-state index < -0.39 is 0 Å². The minimum absolute atomic E-state index is 0.0130. The highest BCUT2D eigenvalue weighted by atomic mass is 32.2. The van der Waals surface area contributed by atoms with Crippen molar-refractivity contribution in [3.05, 3.63) is 66.4 Å². The molecule has 1 aromatic heterocycles. The summed E-state index contributed by atoms with van der Waals surface area (Å²) < 4.78 is 0. The number of nitrogens with one attached hydrogen (secondary N) is 1. The molecule has 1 fully saturated rings. The van der Waals surface area contributed by atoms with E-state index in [1.807, 2.05) is 59.5 Å². The zero-order valence-corrected chi connectivity index (χ0v) is 18.8. The molecule has 0 aliphatic carbocycles. The Labute approximate surface area is 192 Å². The molecule has 166 valence electrons. The number of benzene rings is 2. The smallest absolute Gasteiger partial charge is 0.234 e. The van der Waals surface area contributed by atoms with Gasteiger partial charge in [0.15, 0.2) is 0 Å². The first-order valence-electron chi connectivity index (χ1n) is 10.8. The van der Waals surface area contributed by atoms with E-state index in [0.717, 1.165) is 34.6 Å². The number of hydrogen-bond acceptors (Lipinski definition) is 6. The molecule has 0 spiro atoms. The lowest BCUT2D eigenvalue weighted by Crippen LogP contribution is -2.40. The number of carbonyl (C=O) groups excluding carboxylic acids is 2. The lowest BCUT2D eigenvalue weighted by Gasteiger charge is -2.21. The van der Waals surface area contributed by atoms with E-state index in [0.29, 0.717) is 38.5 Å². The van der Waals surface area contributed by atoms with Crippen LogP contribution in [0, 0.1) is 0 Å². The summed E-state index contributed by atoms with van der Waals surface area (Å²) in [6, 6.07) is 17.6. The van der Waals surface area contributed by atoms with E-state index in [4.69, 9.17) is 0 Å². The zero-order valence-electron chi connectivity index (χ0n) is 17.9. The van der Waals surface area contributed by atoms with Crippen molar-refractivity contribution in [2.45, 2.75) is 18.0 Å². The van der Waals surface area contributed by atoms with Gasteiger partial charge < -0.3 is 10.2 Å². The molecule has 4 rings (SSSR count). The van der Waals surface area contributed by atoms with Crippen LogP contribution in [0.25, 0.3) is 11.0 Å². The molecular formula is C24H27N5O2S. The Kier molecular flexibility index (Phi) is 7.68. The van der Waals surface area contributed by atoms with Gasteiger partial charge in [-0.3, -0.25) is 19.5 Å². The number of nitrogens with zero attached hydrogens (tertiary/aromatic N) is 4. The quantitative estimate of drug-likeness (QED) is 0.559. The molecule has 1 N–H and O–H groups in total. The summed E-state index contributed by atoms with van der Waals surface area (Å²) in [6.07, 6.45) is 2.58.